The minimum absolute atomic E-state index is 0.0299. The third kappa shape index (κ3) is 4.86. The van der Waals surface area contributed by atoms with Crippen LogP contribution in [-0.4, -0.2) is 32.2 Å². The lowest BCUT2D eigenvalue weighted by Gasteiger charge is -2.18. The number of carbonyl (C=O) groups excluding carboxylic acids is 1. The molecule has 25 heavy (non-hydrogen) atoms. The third-order valence-electron chi connectivity index (χ3n) is 3.42. The predicted molar refractivity (Wildman–Crippen MR) is 101 cm³/mol. The van der Waals surface area contributed by atoms with E-state index in [-0.39, 0.29) is 14.9 Å². The molecule has 0 aliphatic rings. The van der Waals surface area contributed by atoms with Crippen LogP contribution in [0.4, 0.5) is 5.69 Å². The molecule has 2 aromatic rings. The molecule has 0 heterocycles. The Morgan fingerprint density at radius 2 is 1.68 bits per heavy atom. The van der Waals surface area contributed by atoms with Gasteiger partial charge in [0.25, 0.3) is 0 Å². The molecule has 9 heteroatoms. The van der Waals surface area contributed by atoms with Crippen LogP contribution in [0.25, 0.3) is 0 Å². The summed E-state index contributed by atoms with van der Waals surface area (Å²) in [4.78, 5) is 12.0. The first-order valence-corrected chi connectivity index (χ1v) is 9.66. The molecule has 0 aromatic heterocycles. The number of likely N-dealkylation sites (N-methyl/N-ethyl adjacent to an activating group) is 1. The number of amides is 1. The highest BCUT2D eigenvalue weighted by Crippen LogP contribution is 2.27. The molecule has 0 fully saturated rings. The zero-order valence-electron chi connectivity index (χ0n) is 13.4. The van der Waals surface area contributed by atoms with Crippen molar-refractivity contribution in [2.45, 2.75) is 11.8 Å². The molecule has 5 nitrogen and oxygen atoms in total. The Labute approximate surface area is 161 Å². The second-order valence-corrected chi connectivity index (χ2v) is 8.64. The molecule has 1 N–H and O–H groups in total. The maximum Gasteiger partial charge on any atom is 0.244 e. The Kier molecular flexibility index (Phi) is 6.35. The summed E-state index contributed by atoms with van der Waals surface area (Å²) in [6.45, 7) is 1.41. The smallest absolute Gasteiger partial charge is 0.244 e. The van der Waals surface area contributed by atoms with Crippen molar-refractivity contribution in [1.29, 1.82) is 0 Å². The van der Waals surface area contributed by atoms with Crippen LogP contribution in [0.1, 0.15) is 5.56 Å². The summed E-state index contributed by atoms with van der Waals surface area (Å²) in [5.74, 6) is -0.505. The van der Waals surface area contributed by atoms with E-state index in [1.54, 1.807) is 25.1 Å². The number of sulfonamides is 1. The SMILES string of the molecule is Cc1ccc(Cl)cc1NC(=O)CN(C)S(=O)(=O)c1cc(Cl)ccc1Cl. The van der Waals surface area contributed by atoms with E-state index in [0.717, 1.165) is 9.87 Å². The predicted octanol–water partition coefficient (Wildman–Crippen LogP) is 4.21. The van der Waals surface area contributed by atoms with Crippen molar-refractivity contribution in [2.24, 2.45) is 0 Å². The second-order valence-electron chi connectivity index (χ2n) is 5.34. The van der Waals surface area contributed by atoms with Crippen molar-refractivity contribution < 1.29 is 13.2 Å². The van der Waals surface area contributed by atoms with Crippen molar-refractivity contribution in [3.8, 4) is 0 Å². The molecule has 2 aromatic carbocycles. The highest BCUT2D eigenvalue weighted by Gasteiger charge is 2.26. The lowest BCUT2D eigenvalue weighted by atomic mass is 10.2. The average Bonchev–Trinajstić information content (AvgIpc) is 2.53. The molecular weight excluding hydrogens is 407 g/mol. The van der Waals surface area contributed by atoms with E-state index in [1.165, 1.54) is 25.2 Å². The molecule has 0 atom stereocenters. The summed E-state index contributed by atoms with van der Waals surface area (Å²) < 4.78 is 26.1. The Bertz CT molecular complexity index is 917. The van der Waals surface area contributed by atoms with Crippen molar-refractivity contribution in [2.75, 3.05) is 18.9 Å². The minimum Gasteiger partial charge on any atom is -0.325 e. The van der Waals surface area contributed by atoms with Gasteiger partial charge in [-0.05, 0) is 42.8 Å². The van der Waals surface area contributed by atoms with Crippen LogP contribution < -0.4 is 5.32 Å². The Balaban J connectivity index is 2.17. The largest absolute Gasteiger partial charge is 0.325 e. The monoisotopic (exact) mass is 420 g/mol. The molecule has 1 amide bonds. The van der Waals surface area contributed by atoms with Crippen LogP contribution in [0, 0.1) is 6.92 Å². The van der Waals surface area contributed by atoms with Gasteiger partial charge in [0.05, 0.1) is 11.6 Å². The molecule has 0 bridgehead atoms. The number of aryl methyl sites for hydroxylation is 1. The topological polar surface area (TPSA) is 66.5 Å². The van der Waals surface area contributed by atoms with Gasteiger partial charge >= 0.3 is 0 Å². The van der Waals surface area contributed by atoms with E-state index in [0.29, 0.717) is 10.7 Å². The van der Waals surface area contributed by atoms with Crippen LogP contribution in [-0.2, 0) is 14.8 Å². The van der Waals surface area contributed by atoms with Gasteiger partial charge in [0.1, 0.15) is 4.90 Å². The summed E-state index contributed by atoms with van der Waals surface area (Å²) in [5, 5.41) is 3.37. The molecule has 0 radical (unpaired) electrons. The average molecular weight is 422 g/mol. The fraction of sp³-hybridized carbons (Fsp3) is 0.188. The van der Waals surface area contributed by atoms with Gasteiger partial charge in [-0.1, -0.05) is 40.9 Å². The number of nitrogens with one attached hydrogen (secondary N) is 1. The third-order valence-corrected chi connectivity index (χ3v) is 6.18. The van der Waals surface area contributed by atoms with Crippen molar-refractivity contribution in [1.82, 2.24) is 4.31 Å². The summed E-state index contributed by atoms with van der Waals surface area (Å²) in [6.07, 6.45) is 0. The van der Waals surface area contributed by atoms with Crippen LogP contribution in [0.3, 0.4) is 0 Å². The summed E-state index contributed by atoms with van der Waals surface area (Å²) >= 11 is 17.7. The van der Waals surface area contributed by atoms with Crippen molar-refractivity contribution in [3.63, 3.8) is 0 Å². The minimum atomic E-state index is -3.97. The van der Waals surface area contributed by atoms with Crippen LogP contribution in [0.2, 0.25) is 15.1 Å². The fourth-order valence-corrected chi connectivity index (χ4v) is 4.08. The van der Waals surface area contributed by atoms with Gasteiger partial charge in [-0.2, -0.15) is 4.31 Å². The lowest BCUT2D eigenvalue weighted by Crippen LogP contribution is -2.35. The molecule has 134 valence electrons. The zero-order valence-corrected chi connectivity index (χ0v) is 16.5. The molecule has 2 rings (SSSR count). The highest BCUT2D eigenvalue weighted by molar-refractivity contribution is 7.89. The fourth-order valence-electron chi connectivity index (χ4n) is 2.05. The van der Waals surface area contributed by atoms with E-state index < -0.39 is 22.5 Å². The molecule has 0 aliphatic heterocycles. The van der Waals surface area contributed by atoms with Crippen molar-refractivity contribution in [3.05, 3.63) is 57.0 Å². The number of hydrogen-bond acceptors (Lipinski definition) is 3. The van der Waals surface area contributed by atoms with E-state index in [2.05, 4.69) is 5.32 Å². The number of nitrogens with zero attached hydrogens (tertiary/aromatic N) is 1. The van der Waals surface area contributed by atoms with Crippen LogP contribution >= 0.6 is 34.8 Å². The van der Waals surface area contributed by atoms with Crippen LogP contribution in [0.15, 0.2) is 41.3 Å². The standard InChI is InChI=1S/C16H15Cl3N2O3S/c1-10-3-4-11(17)7-14(10)20-16(22)9-21(2)25(23,24)15-8-12(18)5-6-13(15)19/h3-8H,9H2,1-2H3,(H,20,22). The normalized spacial score (nSPS) is 11.6. The first kappa shape index (κ1) is 20.0. The zero-order chi connectivity index (χ0) is 18.8. The van der Waals surface area contributed by atoms with Gasteiger partial charge < -0.3 is 5.32 Å². The van der Waals surface area contributed by atoms with Crippen LogP contribution in [0.5, 0.6) is 0 Å². The maximum absolute atomic E-state index is 12.6. The summed E-state index contributed by atoms with van der Waals surface area (Å²) in [6, 6.07) is 9.16. The van der Waals surface area contributed by atoms with E-state index in [9.17, 15) is 13.2 Å². The van der Waals surface area contributed by atoms with E-state index in [1.807, 2.05) is 0 Å². The molecule has 0 saturated heterocycles. The first-order valence-electron chi connectivity index (χ1n) is 7.08. The van der Waals surface area contributed by atoms with Gasteiger partial charge in [-0.25, -0.2) is 8.42 Å². The molecule has 0 unspecified atom stereocenters. The highest BCUT2D eigenvalue weighted by atomic mass is 35.5. The van der Waals surface area contributed by atoms with Gasteiger partial charge in [0.15, 0.2) is 0 Å². The molecular formula is C16H15Cl3N2O3S. The Hall–Kier alpha value is -1.31. The van der Waals surface area contributed by atoms with E-state index in [4.69, 9.17) is 34.8 Å². The summed E-state index contributed by atoms with van der Waals surface area (Å²) in [7, 11) is -2.68. The number of carbonyl (C=O) groups is 1. The molecule has 0 saturated carbocycles. The second kappa shape index (κ2) is 7.93. The molecule has 0 spiro atoms. The summed E-state index contributed by atoms with van der Waals surface area (Å²) in [5.41, 5.74) is 1.32. The number of anilines is 1. The van der Waals surface area contributed by atoms with Gasteiger partial charge in [-0.3, -0.25) is 4.79 Å². The van der Waals surface area contributed by atoms with Gasteiger partial charge in [-0.15, -0.1) is 0 Å². The Morgan fingerprint density at radius 3 is 2.36 bits per heavy atom. The number of halogens is 3. The first-order chi connectivity index (χ1) is 11.6. The lowest BCUT2D eigenvalue weighted by molar-refractivity contribution is -0.116. The number of rotatable bonds is 5. The molecule has 0 aliphatic carbocycles. The van der Waals surface area contributed by atoms with E-state index >= 15 is 0 Å². The van der Waals surface area contributed by atoms with Gasteiger partial charge in [0, 0.05) is 22.8 Å². The van der Waals surface area contributed by atoms with Crippen molar-refractivity contribution >= 4 is 56.4 Å². The Morgan fingerprint density at radius 1 is 1.08 bits per heavy atom. The van der Waals surface area contributed by atoms with Gasteiger partial charge in [0.2, 0.25) is 15.9 Å². The number of benzene rings is 2. The quantitative estimate of drug-likeness (QED) is 0.786. The number of hydrogen-bond donors (Lipinski definition) is 1. The maximum atomic E-state index is 12.6.